The molecule has 94 valence electrons. The number of rotatable bonds is 2. The topological polar surface area (TPSA) is 36.1 Å². The number of para-hydroxylation sites is 1. The number of hydrogen-bond acceptors (Lipinski definition) is 2. The second kappa shape index (κ2) is 4.28. The Labute approximate surface area is 111 Å². The highest BCUT2D eigenvalue weighted by Crippen LogP contribution is 2.36. The Kier molecular flexibility index (Phi) is 2.60. The molecule has 0 amide bonds. The number of nitrogens with zero attached hydrogens (tertiary/aromatic N) is 1. The lowest BCUT2D eigenvalue weighted by Crippen LogP contribution is -2.17. The first kappa shape index (κ1) is 11.5. The van der Waals surface area contributed by atoms with Gasteiger partial charge in [0.2, 0.25) is 0 Å². The van der Waals surface area contributed by atoms with Gasteiger partial charge in [-0.25, -0.2) is 0 Å². The highest BCUT2D eigenvalue weighted by atomic mass is 16.1. The minimum absolute atomic E-state index is 0.0291. The average molecular weight is 250 g/mol. The second-order valence-corrected chi connectivity index (χ2v) is 4.54. The maximum absolute atomic E-state index is 11.5. The molecule has 0 spiro atoms. The third-order valence-electron chi connectivity index (χ3n) is 3.19. The highest BCUT2D eigenvalue weighted by molar-refractivity contribution is 5.95. The van der Waals surface area contributed by atoms with E-state index in [-0.39, 0.29) is 5.78 Å². The molecule has 0 bridgehead atoms. The Hall–Kier alpha value is -2.55. The molecule has 1 aromatic carbocycles. The molecule has 3 heteroatoms. The number of anilines is 2. The van der Waals surface area contributed by atoms with Gasteiger partial charge in [0.1, 0.15) is 5.82 Å². The van der Waals surface area contributed by atoms with E-state index in [9.17, 15) is 4.79 Å². The number of aromatic nitrogens is 1. The Morgan fingerprint density at radius 2 is 1.95 bits per heavy atom. The van der Waals surface area contributed by atoms with Crippen molar-refractivity contribution in [2.24, 2.45) is 0 Å². The highest BCUT2D eigenvalue weighted by Gasteiger charge is 2.21. The Morgan fingerprint density at radius 1 is 1.21 bits per heavy atom. The lowest BCUT2D eigenvalue weighted by molar-refractivity contribution is 0.101. The Bertz CT molecular complexity index is 680. The second-order valence-electron chi connectivity index (χ2n) is 4.54. The molecule has 2 aromatic rings. The number of Topliss-reactive ketones (excluding diaryl/α,β-unsaturated/α-hetero) is 1. The largest absolute Gasteiger partial charge is 0.338 e. The van der Waals surface area contributed by atoms with Crippen molar-refractivity contribution >= 4 is 23.4 Å². The average Bonchev–Trinajstić information content (AvgIpc) is 2.83. The molecular formula is C16H14N2O. The zero-order valence-corrected chi connectivity index (χ0v) is 10.7. The maximum Gasteiger partial charge on any atom is 0.176 e. The molecular weight excluding hydrogens is 236 g/mol. The maximum atomic E-state index is 11.5. The molecule has 1 aliphatic heterocycles. The SMILES string of the molecule is C=C1C=Cc2cc(C(C)=O)[nH]c2N1c1ccccc1. The molecule has 1 aliphatic rings. The molecule has 0 unspecified atom stereocenters. The van der Waals surface area contributed by atoms with Crippen molar-refractivity contribution in [3.63, 3.8) is 0 Å². The van der Waals surface area contributed by atoms with Gasteiger partial charge in [-0.15, -0.1) is 0 Å². The van der Waals surface area contributed by atoms with Crippen LogP contribution in [0.2, 0.25) is 0 Å². The van der Waals surface area contributed by atoms with Gasteiger partial charge in [0.05, 0.1) is 5.69 Å². The molecule has 0 saturated carbocycles. The lowest BCUT2D eigenvalue weighted by Gasteiger charge is -2.27. The van der Waals surface area contributed by atoms with Crippen molar-refractivity contribution in [2.75, 3.05) is 4.90 Å². The van der Waals surface area contributed by atoms with Crippen molar-refractivity contribution in [1.29, 1.82) is 0 Å². The van der Waals surface area contributed by atoms with Crippen molar-refractivity contribution in [2.45, 2.75) is 6.92 Å². The van der Waals surface area contributed by atoms with E-state index in [1.807, 2.05) is 53.5 Å². The molecule has 19 heavy (non-hydrogen) atoms. The fraction of sp³-hybridized carbons (Fsp3) is 0.0625. The van der Waals surface area contributed by atoms with Crippen LogP contribution in [0.15, 0.2) is 54.8 Å². The first-order chi connectivity index (χ1) is 9.16. The van der Waals surface area contributed by atoms with Crippen LogP contribution in [0.25, 0.3) is 6.08 Å². The summed E-state index contributed by atoms with van der Waals surface area (Å²) in [6.45, 7) is 5.62. The summed E-state index contributed by atoms with van der Waals surface area (Å²) in [5.74, 6) is 0.922. The van der Waals surface area contributed by atoms with E-state index in [2.05, 4.69) is 11.6 Å². The number of H-pyrrole nitrogens is 1. The predicted octanol–water partition coefficient (Wildman–Crippen LogP) is 3.90. The summed E-state index contributed by atoms with van der Waals surface area (Å²) in [5, 5.41) is 0. The van der Waals surface area contributed by atoms with Crippen LogP contribution in [0.5, 0.6) is 0 Å². The molecule has 0 radical (unpaired) electrons. The minimum atomic E-state index is 0.0291. The number of carbonyl (C=O) groups excluding carboxylic acids is 1. The van der Waals surface area contributed by atoms with Crippen LogP contribution in [-0.2, 0) is 0 Å². The molecule has 3 nitrogen and oxygen atoms in total. The zero-order chi connectivity index (χ0) is 13.4. The predicted molar refractivity (Wildman–Crippen MR) is 77.6 cm³/mol. The van der Waals surface area contributed by atoms with Crippen molar-refractivity contribution < 1.29 is 4.79 Å². The summed E-state index contributed by atoms with van der Waals surface area (Å²) >= 11 is 0. The number of carbonyl (C=O) groups is 1. The Morgan fingerprint density at radius 3 is 2.63 bits per heavy atom. The van der Waals surface area contributed by atoms with Crippen LogP contribution in [0.1, 0.15) is 23.0 Å². The summed E-state index contributed by atoms with van der Waals surface area (Å²) in [7, 11) is 0. The van der Waals surface area contributed by atoms with Gasteiger partial charge in [-0.05, 0) is 30.4 Å². The van der Waals surface area contributed by atoms with Crippen molar-refractivity contribution in [1.82, 2.24) is 4.98 Å². The molecule has 0 atom stereocenters. The van der Waals surface area contributed by atoms with Crippen molar-refractivity contribution in [3.8, 4) is 0 Å². The summed E-state index contributed by atoms with van der Waals surface area (Å²) in [5.41, 5.74) is 3.51. The van der Waals surface area contributed by atoms with E-state index in [1.54, 1.807) is 6.92 Å². The van der Waals surface area contributed by atoms with Crippen LogP contribution in [0.3, 0.4) is 0 Å². The summed E-state index contributed by atoms with van der Waals surface area (Å²) in [6.07, 6.45) is 3.92. The lowest BCUT2D eigenvalue weighted by atomic mass is 10.1. The third kappa shape index (κ3) is 1.89. The van der Waals surface area contributed by atoms with Gasteiger partial charge in [0, 0.05) is 23.9 Å². The molecule has 3 rings (SSSR count). The van der Waals surface area contributed by atoms with Crippen LogP contribution >= 0.6 is 0 Å². The van der Waals surface area contributed by atoms with Crippen LogP contribution in [0.4, 0.5) is 11.5 Å². The molecule has 2 heterocycles. The van der Waals surface area contributed by atoms with E-state index >= 15 is 0 Å². The van der Waals surface area contributed by atoms with E-state index in [4.69, 9.17) is 0 Å². The summed E-state index contributed by atoms with van der Waals surface area (Å²) in [6, 6.07) is 11.8. The van der Waals surface area contributed by atoms with Gasteiger partial charge in [-0.2, -0.15) is 0 Å². The Balaban J connectivity index is 2.14. The van der Waals surface area contributed by atoms with Crippen LogP contribution in [0, 0.1) is 0 Å². The van der Waals surface area contributed by atoms with E-state index in [0.29, 0.717) is 5.69 Å². The molecule has 1 aromatic heterocycles. The third-order valence-corrected chi connectivity index (χ3v) is 3.19. The first-order valence-corrected chi connectivity index (χ1v) is 6.13. The smallest absolute Gasteiger partial charge is 0.176 e. The van der Waals surface area contributed by atoms with E-state index in [0.717, 1.165) is 22.8 Å². The van der Waals surface area contributed by atoms with E-state index < -0.39 is 0 Å². The quantitative estimate of drug-likeness (QED) is 0.821. The molecule has 0 saturated heterocycles. The normalized spacial score (nSPS) is 13.5. The number of benzene rings is 1. The molecule has 0 fully saturated rings. The number of aromatic amines is 1. The zero-order valence-electron chi connectivity index (χ0n) is 10.7. The number of ketones is 1. The van der Waals surface area contributed by atoms with Gasteiger partial charge in [-0.1, -0.05) is 24.8 Å². The fourth-order valence-corrected chi connectivity index (χ4v) is 2.24. The van der Waals surface area contributed by atoms with Crippen LogP contribution < -0.4 is 4.90 Å². The van der Waals surface area contributed by atoms with Gasteiger partial charge in [-0.3, -0.25) is 9.69 Å². The van der Waals surface area contributed by atoms with Crippen molar-refractivity contribution in [3.05, 3.63) is 66.0 Å². The first-order valence-electron chi connectivity index (χ1n) is 6.13. The number of allylic oxidation sites excluding steroid dienone is 1. The summed E-state index contributed by atoms with van der Waals surface area (Å²) in [4.78, 5) is 16.7. The minimum Gasteiger partial charge on any atom is -0.338 e. The number of nitrogens with one attached hydrogen (secondary N) is 1. The monoisotopic (exact) mass is 250 g/mol. The van der Waals surface area contributed by atoms with Gasteiger partial charge < -0.3 is 4.98 Å². The fourth-order valence-electron chi connectivity index (χ4n) is 2.24. The van der Waals surface area contributed by atoms with Gasteiger partial charge >= 0.3 is 0 Å². The number of fused-ring (bicyclic) bond motifs is 1. The van der Waals surface area contributed by atoms with E-state index in [1.165, 1.54) is 0 Å². The number of hydrogen-bond donors (Lipinski definition) is 1. The molecule has 0 aliphatic carbocycles. The van der Waals surface area contributed by atoms with Gasteiger partial charge in [0.25, 0.3) is 0 Å². The van der Waals surface area contributed by atoms with Crippen LogP contribution in [-0.4, -0.2) is 10.8 Å². The van der Waals surface area contributed by atoms with Gasteiger partial charge in [0.15, 0.2) is 5.78 Å². The molecule has 1 N–H and O–H groups in total. The summed E-state index contributed by atoms with van der Waals surface area (Å²) < 4.78 is 0. The standard InChI is InChI=1S/C16H14N2O/c1-11-8-9-13-10-15(12(2)19)17-16(13)18(11)14-6-4-3-5-7-14/h3-10,17H,1H2,2H3.